The minimum atomic E-state index is -3.91. The lowest BCUT2D eigenvalue weighted by Gasteiger charge is -2.19. The van der Waals surface area contributed by atoms with Crippen molar-refractivity contribution in [3.8, 4) is 0 Å². The lowest BCUT2D eigenvalue weighted by atomic mass is 10.1. The van der Waals surface area contributed by atoms with Crippen molar-refractivity contribution in [3.05, 3.63) is 47.8 Å². The summed E-state index contributed by atoms with van der Waals surface area (Å²) < 4.78 is 26.6. The second-order valence-electron chi connectivity index (χ2n) is 6.85. The molecule has 0 spiro atoms. The highest BCUT2D eigenvalue weighted by molar-refractivity contribution is 7.90. The fraction of sp³-hybridized carbons (Fsp3) is 0.333. The van der Waals surface area contributed by atoms with Gasteiger partial charge >= 0.3 is 0 Å². The van der Waals surface area contributed by atoms with E-state index in [1.807, 2.05) is 7.05 Å². The molecule has 0 radical (unpaired) electrons. The summed E-state index contributed by atoms with van der Waals surface area (Å²) in [5, 5.41) is 5.48. The summed E-state index contributed by atoms with van der Waals surface area (Å²) >= 11 is 0. The van der Waals surface area contributed by atoms with Gasteiger partial charge in [-0.1, -0.05) is 0 Å². The number of fused-ring (bicyclic) bond motifs is 2. The highest BCUT2D eigenvalue weighted by atomic mass is 32.2. The van der Waals surface area contributed by atoms with Gasteiger partial charge in [0.1, 0.15) is 10.6 Å². The average molecular weight is 388 g/mol. The molecule has 1 saturated heterocycles. The van der Waals surface area contributed by atoms with Crippen LogP contribution in [0.2, 0.25) is 0 Å². The summed E-state index contributed by atoms with van der Waals surface area (Å²) in [6, 6.07) is 7.47. The minimum Gasteiger partial charge on any atom is -0.350 e. The molecule has 1 aromatic heterocycles. The number of likely N-dealkylation sites (tertiary alicyclic amines) is 1. The first-order valence-electron chi connectivity index (χ1n) is 8.75. The maximum atomic E-state index is 12.8. The van der Waals surface area contributed by atoms with E-state index in [2.05, 4.69) is 15.5 Å². The Morgan fingerprint density at radius 3 is 2.89 bits per heavy atom. The van der Waals surface area contributed by atoms with Gasteiger partial charge in [0, 0.05) is 24.3 Å². The second kappa shape index (κ2) is 6.50. The molecule has 0 bridgehead atoms. The van der Waals surface area contributed by atoms with Crippen LogP contribution in [-0.2, 0) is 10.0 Å². The number of carbonyl (C=O) groups is 2. The van der Waals surface area contributed by atoms with Crippen LogP contribution in [0.15, 0.2) is 41.4 Å². The molecule has 2 amide bonds. The van der Waals surface area contributed by atoms with E-state index < -0.39 is 15.9 Å². The second-order valence-corrected chi connectivity index (χ2v) is 8.63. The molecule has 1 unspecified atom stereocenters. The summed E-state index contributed by atoms with van der Waals surface area (Å²) in [4.78, 5) is 27.0. The molecule has 8 nitrogen and oxygen atoms in total. The Morgan fingerprint density at radius 2 is 2.15 bits per heavy atom. The molecule has 2 N–H and O–H groups in total. The van der Waals surface area contributed by atoms with Gasteiger partial charge in [-0.05, 0) is 56.8 Å². The van der Waals surface area contributed by atoms with Gasteiger partial charge in [-0.3, -0.25) is 9.59 Å². The molecule has 2 aromatic rings. The number of benzene rings is 1. The first-order valence-corrected chi connectivity index (χ1v) is 10.2. The average Bonchev–Trinajstić information content (AvgIpc) is 3.27. The molecule has 142 valence electrons. The van der Waals surface area contributed by atoms with Crippen LogP contribution >= 0.6 is 0 Å². The van der Waals surface area contributed by atoms with Crippen LogP contribution < -0.4 is 10.6 Å². The van der Waals surface area contributed by atoms with Crippen LogP contribution in [0.1, 0.15) is 33.7 Å². The predicted molar refractivity (Wildman–Crippen MR) is 99.4 cm³/mol. The van der Waals surface area contributed by atoms with Crippen molar-refractivity contribution in [1.82, 2.24) is 14.2 Å². The van der Waals surface area contributed by atoms with Gasteiger partial charge in [-0.2, -0.15) is 0 Å². The number of hydrogen-bond donors (Lipinski definition) is 2. The number of likely N-dealkylation sites (N-methyl/N-ethyl adjacent to an activating group) is 1. The third kappa shape index (κ3) is 3.02. The Morgan fingerprint density at radius 1 is 1.33 bits per heavy atom. The van der Waals surface area contributed by atoms with Crippen molar-refractivity contribution < 1.29 is 18.0 Å². The molecule has 1 fully saturated rings. The van der Waals surface area contributed by atoms with Gasteiger partial charge < -0.3 is 15.5 Å². The molecule has 1 aromatic carbocycles. The van der Waals surface area contributed by atoms with Crippen molar-refractivity contribution in [2.75, 3.05) is 25.5 Å². The number of nitrogens with one attached hydrogen (secondary N) is 2. The summed E-state index contributed by atoms with van der Waals surface area (Å²) in [6.07, 6.45) is 3.48. The van der Waals surface area contributed by atoms with Crippen molar-refractivity contribution in [2.45, 2.75) is 23.8 Å². The number of rotatable bonds is 3. The Bertz CT molecular complexity index is 1030. The molecule has 0 aliphatic carbocycles. The Hall–Kier alpha value is -2.65. The van der Waals surface area contributed by atoms with Crippen LogP contribution in [0, 0.1) is 0 Å². The molecule has 27 heavy (non-hydrogen) atoms. The van der Waals surface area contributed by atoms with E-state index in [0.717, 1.165) is 23.4 Å². The summed E-state index contributed by atoms with van der Waals surface area (Å²) in [6.45, 7) is 1.55. The normalized spacial score (nSPS) is 21.1. The highest BCUT2D eigenvalue weighted by Crippen LogP contribution is 2.29. The number of nitrogens with zero attached hydrogens (tertiary/aromatic N) is 2. The number of amides is 2. The molecule has 2 aliphatic rings. The molecule has 4 rings (SSSR count). The van der Waals surface area contributed by atoms with E-state index in [-0.39, 0.29) is 22.2 Å². The number of aromatic nitrogens is 1. The minimum absolute atomic E-state index is 0.0291. The van der Waals surface area contributed by atoms with E-state index in [4.69, 9.17) is 0 Å². The molecule has 1 atom stereocenters. The van der Waals surface area contributed by atoms with Gasteiger partial charge in [0.05, 0.1) is 5.69 Å². The van der Waals surface area contributed by atoms with Crippen LogP contribution in [0.5, 0.6) is 0 Å². The van der Waals surface area contributed by atoms with E-state index in [0.29, 0.717) is 18.2 Å². The number of hydrogen-bond acceptors (Lipinski definition) is 5. The van der Waals surface area contributed by atoms with Crippen LogP contribution in [-0.4, -0.2) is 55.3 Å². The van der Waals surface area contributed by atoms with Gasteiger partial charge in [-0.15, -0.1) is 0 Å². The summed E-state index contributed by atoms with van der Waals surface area (Å²) in [5.74, 6) is -0.832. The van der Waals surface area contributed by atoms with E-state index >= 15 is 0 Å². The largest absolute Gasteiger partial charge is 0.350 e. The monoisotopic (exact) mass is 388 g/mol. The van der Waals surface area contributed by atoms with E-state index in [1.54, 1.807) is 0 Å². The lowest BCUT2D eigenvalue weighted by molar-refractivity contribution is 0.0942. The summed E-state index contributed by atoms with van der Waals surface area (Å²) in [5.41, 5.74) is 0.437. The van der Waals surface area contributed by atoms with Crippen molar-refractivity contribution >= 4 is 27.5 Å². The van der Waals surface area contributed by atoms with E-state index in [1.165, 1.54) is 36.5 Å². The fourth-order valence-electron chi connectivity index (χ4n) is 3.59. The number of carbonyl (C=O) groups excluding carboxylic acids is 2. The molecular formula is C18H20N4O4S. The molecule has 3 heterocycles. The molecule has 0 saturated carbocycles. The van der Waals surface area contributed by atoms with Crippen molar-refractivity contribution in [2.24, 2.45) is 0 Å². The highest BCUT2D eigenvalue weighted by Gasteiger charge is 2.30. The smallest absolute Gasteiger partial charge is 0.273 e. The zero-order chi connectivity index (χ0) is 19.2. The SMILES string of the molecule is CN1CCCC1CNC(=O)c1ccc2c(c1)NC(=O)c1cccn1S2(=O)=O. The van der Waals surface area contributed by atoms with Crippen LogP contribution in [0.4, 0.5) is 5.69 Å². The Balaban J connectivity index is 1.61. The van der Waals surface area contributed by atoms with Gasteiger partial charge in [0.25, 0.3) is 21.8 Å². The quantitative estimate of drug-likeness (QED) is 0.821. The maximum Gasteiger partial charge on any atom is 0.273 e. The van der Waals surface area contributed by atoms with Crippen molar-refractivity contribution in [1.29, 1.82) is 0 Å². The van der Waals surface area contributed by atoms with Crippen LogP contribution in [0.3, 0.4) is 0 Å². The molecular weight excluding hydrogens is 368 g/mol. The Kier molecular flexibility index (Phi) is 4.27. The van der Waals surface area contributed by atoms with E-state index in [9.17, 15) is 18.0 Å². The molecule has 9 heteroatoms. The molecule has 2 aliphatic heterocycles. The Labute approximate surface area is 157 Å². The lowest BCUT2D eigenvalue weighted by Crippen LogP contribution is -2.38. The van der Waals surface area contributed by atoms with Crippen LogP contribution in [0.25, 0.3) is 0 Å². The standard InChI is InChI=1S/C18H20N4O4S/c1-21-8-2-4-13(21)11-19-17(23)12-6-7-16-14(10-12)20-18(24)15-5-3-9-22(15)27(16,25)26/h3,5-7,9-10,13H,2,4,8,11H2,1H3,(H,19,23)(H,20,24). The topological polar surface area (TPSA) is 101 Å². The summed E-state index contributed by atoms with van der Waals surface area (Å²) in [7, 11) is -1.88. The van der Waals surface area contributed by atoms with Gasteiger partial charge in [-0.25, -0.2) is 12.4 Å². The third-order valence-electron chi connectivity index (χ3n) is 5.14. The predicted octanol–water partition coefficient (Wildman–Crippen LogP) is 1.11. The maximum absolute atomic E-state index is 12.8. The third-order valence-corrected chi connectivity index (χ3v) is 6.89. The first-order chi connectivity index (χ1) is 12.9. The zero-order valence-corrected chi connectivity index (χ0v) is 15.6. The number of anilines is 1. The van der Waals surface area contributed by atoms with Gasteiger partial charge in [0.15, 0.2) is 0 Å². The van der Waals surface area contributed by atoms with Crippen molar-refractivity contribution in [3.63, 3.8) is 0 Å². The first kappa shape index (κ1) is 17.7. The fourth-order valence-corrected chi connectivity index (χ4v) is 5.06. The zero-order valence-electron chi connectivity index (χ0n) is 14.8. The van der Waals surface area contributed by atoms with Gasteiger partial charge in [0.2, 0.25) is 0 Å².